The van der Waals surface area contributed by atoms with Gasteiger partial charge in [-0.05, 0) is 35.4 Å². The fourth-order valence-electron chi connectivity index (χ4n) is 3.47. The normalized spacial score (nSPS) is 10.8. The third-order valence-electron chi connectivity index (χ3n) is 4.99. The second kappa shape index (κ2) is 7.87. The molecule has 0 atom stereocenters. The summed E-state index contributed by atoms with van der Waals surface area (Å²) in [4.78, 5) is 4.51. The second-order valence-corrected chi connectivity index (χ2v) is 6.59. The molecule has 0 bridgehead atoms. The minimum Gasteiger partial charge on any atom is -0.504 e. The average Bonchev–Trinajstić information content (AvgIpc) is 3.21. The first-order chi connectivity index (χ1) is 14.6. The van der Waals surface area contributed by atoms with Gasteiger partial charge in [-0.25, -0.2) is 4.98 Å². The van der Waals surface area contributed by atoms with Crippen molar-refractivity contribution < 1.29 is 24.1 Å². The summed E-state index contributed by atoms with van der Waals surface area (Å²) in [6, 6.07) is 15.0. The maximum atomic E-state index is 10.1. The molecule has 0 aliphatic carbocycles. The molecule has 154 valence electrons. The Balaban J connectivity index is 1.86. The lowest BCUT2D eigenvalue weighted by molar-refractivity contribution is 0.324. The van der Waals surface area contributed by atoms with E-state index < -0.39 is 0 Å². The van der Waals surface area contributed by atoms with Gasteiger partial charge in [-0.1, -0.05) is 12.1 Å². The van der Waals surface area contributed by atoms with Gasteiger partial charge in [0.05, 0.1) is 45.2 Å². The Hall–Kier alpha value is -3.87. The van der Waals surface area contributed by atoms with Crippen molar-refractivity contribution in [2.24, 2.45) is 0 Å². The Labute approximate surface area is 174 Å². The second-order valence-electron chi connectivity index (χ2n) is 6.59. The number of aromatic nitrogens is 2. The third-order valence-corrected chi connectivity index (χ3v) is 4.99. The van der Waals surface area contributed by atoms with Crippen LogP contribution in [-0.4, -0.2) is 43.1 Å². The summed E-state index contributed by atoms with van der Waals surface area (Å²) in [5, 5.41) is 10.1. The van der Waals surface area contributed by atoms with Gasteiger partial charge in [0.15, 0.2) is 23.0 Å². The molecule has 0 unspecified atom stereocenters. The molecule has 1 heterocycles. The van der Waals surface area contributed by atoms with E-state index in [4.69, 9.17) is 18.9 Å². The van der Waals surface area contributed by atoms with Gasteiger partial charge >= 0.3 is 0 Å². The molecule has 4 aromatic rings. The van der Waals surface area contributed by atoms with Crippen molar-refractivity contribution in [2.75, 3.05) is 28.4 Å². The number of aromatic hydroxyl groups is 1. The van der Waals surface area contributed by atoms with E-state index in [0.29, 0.717) is 23.0 Å². The molecule has 7 heteroatoms. The fourth-order valence-corrected chi connectivity index (χ4v) is 3.47. The molecule has 1 N–H and O–H groups in total. The third kappa shape index (κ3) is 3.24. The molecule has 0 radical (unpaired) electrons. The minimum absolute atomic E-state index is 0.0910. The quantitative estimate of drug-likeness (QED) is 0.511. The number of hydrogen-bond acceptors (Lipinski definition) is 6. The summed E-state index contributed by atoms with van der Waals surface area (Å²) in [5.74, 6) is 2.17. The van der Waals surface area contributed by atoms with E-state index in [9.17, 15) is 5.11 Å². The van der Waals surface area contributed by atoms with Crippen molar-refractivity contribution in [3.63, 3.8) is 0 Å². The standard InChI is InChI=1S/C23H22N2O5/c1-27-20-8-6-15(10-19(20)26)14-5-7-17-18(9-14)25(13-24-17)16-11-21(28-2)23(30-4)22(12-16)29-3/h5-13,26H,1-4H3. The van der Waals surface area contributed by atoms with Crippen molar-refractivity contribution in [2.45, 2.75) is 0 Å². The van der Waals surface area contributed by atoms with Gasteiger partial charge in [-0.15, -0.1) is 0 Å². The van der Waals surface area contributed by atoms with E-state index in [-0.39, 0.29) is 5.75 Å². The van der Waals surface area contributed by atoms with E-state index in [1.165, 1.54) is 7.11 Å². The topological polar surface area (TPSA) is 75.0 Å². The zero-order valence-corrected chi connectivity index (χ0v) is 17.2. The van der Waals surface area contributed by atoms with Gasteiger partial charge in [-0.3, -0.25) is 4.57 Å². The van der Waals surface area contributed by atoms with Gasteiger partial charge in [0.25, 0.3) is 0 Å². The summed E-state index contributed by atoms with van der Waals surface area (Å²) in [7, 11) is 6.27. The maximum absolute atomic E-state index is 10.1. The molecule has 3 aromatic carbocycles. The monoisotopic (exact) mass is 406 g/mol. The molecule has 0 saturated carbocycles. The van der Waals surface area contributed by atoms with Gasteiger partial charge < -0.3 is 24.1 Å². The number of methoxy groups -OCH3 is 4. The summed E-state index contributed by atoms with van der Waals surface area (Å²) in [6.07, 6.45) is 1.75. The summed E-state index contributed by atoms with van der Waals surface area (Å²) in [6.45, 7) is 0. The smallest absolute Gasteiger partial charge is 0.203 e. The van der Waals surface area contributed by atoms with Crippen molar-refractivity contribution in [1.82, 2.24) is 9.55 Å². The lowest BCUT2D eigenvalue weighted by Crippen LogP contribution is -1.99. The number of phenols is 1. The number of fused-ring (bicyclic) bond motifs is 1. The number of imidazole rings is 1. The average molecular weight is 406 g/mol. The Morgan fingerprint density at radius 3 is 1.97 bits per heavy atom. The first-order valence-corrected chi connectivity index (χ1v) is 9.24. The van der Waals surface area contributed by atoms with Gasteiger partial charge in [0, 0.05) is 12.1 Å². The van der Waals surface area contributed by atoms with Crippen LogP contribution in [-0.2, 0) is 0 Å². The van der Waals surface area contributed by atoms with Crippen LogP contribution in [0, 0.1) is 0 Å². The van der Waals surface area contributed by atoms with Crippen LogP contribution >= 0.6 is 0 Å². The molecular formula is C23H22N2O5. The minimum atomic E-state index is 0.0910. The van der Waals surface area contributed by atoms with Crippen molar-refractivity contribution >= 4 is 11.0 Å². The first-order valence-electron chi connectivity index (χ1n) is 9.24. The van der Waals surface area contributed by atoms with Crippen molar-refractivity contribution in [3.8, 4) is 45.6 Å². The fraction of sp³-hybridized carbons (Fsp3) is 0.174. The number of hydrogen-bond donors (Lipinski definition) is 1. The van der Waals surface area contributed by atoms with Crippen LogP contribution in [0.1, 0.15) is 0 Å². The highest BCUT2D eigenvalue weighted by atomic mass is 16.5. The zero-order valence-electron chi connectivity index (χ0n) is 17.2. The Kier molecular flexibility index (Phi) is 5.10. The highest BCUT2D eigenvalue weighted by Gasteiger charge is 2.16. The predicted molar refractivity (Wildman–Crippen MR) is 114 cm³/mol. The summed E-state index contributed by atoms with van der Waals surface area (Å²) >= 11 is 0. The van der Waals surface area contributed by atoms with Crippen LogP contribution < -0.4 is 18.9 Å². The van der Waals surface area contributed by atoms with Crippen LogP contribution in [0.2, 0.25) is 0 Å². The van der Waals surface area contributed by atoms with Crippen LogP contribution in [0.5, 0.6) is 28.7 Å². The van der Waals surface area contributed by atoms with Crippen molar-refractivity contribution in [3.05, 3.63) is 54.9 Å². The number of phenolic OH excluding ortho intramolecular Hbond substituents is 1. The van der Waals surface area contributed by atoms with Crippen LogP contribution in [0.4, 0.5) is 0 Å². The molecule has 0 spiro atoms. The predicted octanol–water partition coefficient (Wildman–Crippen LogP) is 4.43. The van der Waals surface area contributed by atoms with Gasteiger partial charge in [0.1, 0.15) is 6.33 Å². The van der Waals surface area contributed by atoms with E-state index >= 15 is 0 Å². The molecule has 1 aromatic heterocycles. The number of nitrogens with zero attached hydrogens (tertiary/aromatic N) is 2. The van der Waals surface area contributed by atoms with E-state index in [1.54, 1.807) is 39.8 Å². The largest absolute Gasteiger partial charge is 0.504 e. The molecule has 0 fully saturated rings. The molecular weight excluding hydrogens is 384 g/mol. The number of benzene rings is 3. The van der Waals surface area contributed by atoms with Crippen LogP contribution in [0.15, 0.2) is 54.9 Å². The molecule has 0 saturated heterocycles. The lowest BCUT2D eigenvalue weighted by Gasteiger charge is -2.15. The number of rotatable bonds is 6. The maximum Gasteiger partial charge on any atom is 0.203 e. The summed E-state index contributed by atoms with van der Waals surface area (Å²) < 4.78 is 23.5. The zero-order chi connectivity index (χ0) is 21.3. The molecule has 0 amide bonds. The van der Waals surface area contributed by atoms with Crippen molar-refractivity contribution in [1.29, 1.82) is 0 Å². The Morgan fingerprint density at radius 1 is 0.733 bits per heavy atom. The number of ether oxygens (including phenoxy) is 4. The highest BCUT2D eigenvalue weighted by Crippen LogP contribution is 2.40. The SMILES string of the molecule is COc1ccc(-c2ccc3ncn(-c4cc(OC)c(OC)c(OC)c4)c3c2)cc1O. The molecule has 7 nitrogen and oxygen atoms in total. The van der Waals surface area contributed by atoms with E-state index in [0.717, 1.165) is 27.8 Å². The molecule has 4 rings (SSSR count). The van der Waals surface area contributed by atoms with E-state index in [1.807, 2.05) is 41.0 Å². The van der Waals surface area contributed by atoms with E-state index in [2.05, 4.69) is 4.98 Å². The first kappa shape index (κ1) is 19.4. The van der Waals surface area contributed by atoms with Gasteiger partial charge in [0.2, 0.25) is 5.75 Å². The van der Waals surface area contributed by atoms with Crippen LogP contribution in [0.3, 0.4) is 0 Å². The Bertz CT molecular complexity index is 1190. The lowest BCUT2D eigenvalue weighted by atomic mass is 10.0. The Morgan fingerprint density at radius 2 is 1.37 bits per heavy atom. The van der Waals surface area contributed by atoms with Gasteiger partial charge in [-0.2, -0.15) is 0 Å². The molecule has 0 aliphatic rings. The highest BCUT2D eigenvalue weighted by molar-refractivity contribution is 5.84. The molecule has 0 aliphatic heterocycles. The van der Waals surface area contributed by atoms with Crippen LogP contribution in [0.25, 0.3) is 27.8 Å². The summed E-state index contributed by atoms with van der Waals surface area (Å²) in [5.41, 5.74) is 4.37. The molecule has 30 heavy (non-hydrogen) atoms.